The van der Waals surface area contributed by atoms with Crippen molar-refractivity contribution in [3.8, 4) is 11.6 Å². The molecular weight excluding hydrogens is 306 g/mol. The molecule has 1 aromatic heterocycles. The summed E-state index contributed by atoms with van der Waals surface area (Å²) in [4.78, 5) is 17.8. The van der Waals surface area contributed by atoms with Gasteiger partial charge < -0.3 is 20.1 Å². The fraction of sp³-hybridized carbons (Fsp3) is 0.333. The van der Waals surface area contributed by atoms with Gasteiger partial charge in [-0.05, 0) is 45.0 Å². The Balaban J connectivity index is 2.17. The number of hydrogen-bond donors (Lipinski definition) is 1. The van der Waals surface area contributed by atoms with Crippen LogP contribution in [0, 0.1) is 0 Å². The quantitative estimate of drug-likeness (QED) is 0.863. The molecular formula is C18H23N3O3. The summed E-state index contributed by atoms with van der Waals surface area (Å²) < 4.78 is 11.2. The van der Waals surface area contributed by atoms with Crippen LogP contribution in [-0.2, 0) is 11.3 Å². The summed E-state index contributed by atoms with van der Waals surface area (Å²) in [6.07, 6.45) is 1.24. The second-order valence-electron chi connectivity index (χ2n) is 6.47. The van der Waals surface area contributed by atoms with E-state index < -0.39 is 11.7 Å². The van der Waals surface area contributed by atoms with Gasteiger partial charge in [0.1, 0.15) is 11.4 Å². The normalized spacial score (nSPS) is 11.0. The van der Waals surface area contributed by atoms with Crippen molar-refractivity contribution < 1.29 is 14.3 Å². The lowest BCUT2D eigenvalue weighted by Gasteiger charge is -2.25. The van der Waals surface area contributed by atoms with Crippen LogP contribution in [0.3, 0.4) is 0 Å². The van der Waals surface area contributed by atoms with Crippen LogP contribution in [0.1, 0.15) is 26.3 Å². The number of carbonyl (C=O) groups excluding carboxylic acids is 1. The Morgan fingerprint density at radius 3 is 2.62 bits per heavy atom. The van der Waals surface area contributed by atoms with Crippen LogP contribution in [-0.4, -0.2) is 28.6 Å². The SMILES string of the molecule is CN(Cc1cc(N)ccc1Oc1ccccn1)C(=O)OC(C)(C)C. The van der Waals surface area contributed by atoms with Crippen molar-refractivity contribution in [1.82, 2.24) is 9.88 Å². The average Bonchev–Trinajstić information content (AvgIpc) is 2.49. The zero-order valence-electron chi connectivity index (χ0n) is 14.4. The third kappa shape index (κ3) is 5.15. The molecule has 6 nitrogen and oxygen atoms in total. The molecule has 0 spiro atoms. The van der Waals surface area contributed by atoms with Gasteiger partial charge in [-0.3, -0.25) is 0 Å². The number of amides is 1. The molecule has 0 aliphatic heterocycles. The first kappa shape index (κ1) is 17.6. The number of nitrogens with zero attached hydrogens (tertiary/aromatic N) is 2. The lowest BCUT2D eigenvalue weighted by atomic mass is 10.1. The topological polar surface area (TPSA) is 77.7 Å². The summed E-state index contributed by atoms with van der Waals surface area (Å²) in [7, 11) is 1.67. The molecule has 0 unspecified atom stereocenters. The molecule has 0 aliphatic carbocycles. The molecule has 128 valence electrons. The molecule has 6 heteroatoms. The summed E-state index contributed by atoms with van der Waals surface area (Å²) >= 11 is 0. The van der Waals surface area contributed by atoms with E-state index in [1.807, 2.05) is 32.9 Å². The van der Waals surface area contributed by atoms with Gasteiger partial charge in [0, 0.05) is 30.6 Å². The third-order valence-corrected chi connectivity index (χ3v) is 3.05. The Morgan fingerprint density at radius 1 is 1.25 bits per heavy atom. The number of aromatic nitrogens is 1. The Morgan fingerprint density at radius 2 is 2.00 bits per heavy atom. The van der Waals surface area contributed by atoms with Gasteiger partial charge in [-0.15, -0.1) is 0 Å². The fourth-order valence-electron chi connectivity index (χ4n) is 2.00. The molecule has 0 saturated heterocycles. The molecule has 2 rings (SSSR count). The summed E-state index contributed by atoms with van der Waals surface area (Å²) in [5, 5.41) is 0. The number of benzene rings is 1. The summed E-state index contributed by atoms with van der Waals surface area (Å²) in [6, 6.07) is 10.7. The van der Waals surface area contributed by atoms with Gasteiger partial charge >= 0.3 is 6.09 Å². The van der Waals surface area contributed by atoms with Crippen molar-refractivity contribution in [2.45, 2.75) is 32.9 Å². The number of carbonyl (C=O) groups is 1. The maximum Gasteiger partial charge on any atom is 0.410 e. The molecule has 1 aromatic carbocycles. The zero-order valence-corrected chi connectivity index (χ0v) is 14.4. The van der Waals surface area contributed by atoms with Gasteiger partial charge in [0.05, 0.1) is 6.54 Å². The Bertz CT molecular complexity index is 696. The average molecular weight is 329 g/mol. The van der Waals surface area contributed by atoms with Crippen molar-refractivity contribution in [3.05, 3.63) is 48.2 Å². The predicted molar refractivity (Wildman–Crippen MR) is 92.9 cm³/mol. The van der Waals surface area contributed by atoms with E-state index in [0.29, 0.717) is 23.9 Å². The third-order valence-electron chi connectivity index (χ3n) is 3.05. The monoisotopic (exact) mass is 329 g/mol. The molecule has 0 fully saturated rings. The molecule has 0 aliphatic rings. The summed E-state index contributed by atoms with van der Waals surface area (Å²) in [5.41, 5.74) is 6.69. The van der Waals surface area contributed by atoms with Gasteiger partial charge in [0.25, 0.3) is 0 Å². The lowest BCUT2D eigenvalue weighted by Crippen LogP contribution is -2.33. The summed E-state index contributed by atoms with van der Waals surface area (Å²) in [5.74, 6) is 1.07. The molecule has 24 heavy (non-hydrogen) atoms. The maximum atomic E-state index is 12.1. The molecule has 0 radical (unpaired) electrons. The van der Waals surface area contributed by atoms with E-state index in [1.54, 1.807) is 37.5 Å². The molecule has 0 bridgehead atoms. The van der Waals surface area contributed by atoms with Crippen molar-refractivity contribution in [1.29, 1.82) is 0 Å². The van der Waals surface area contributed by atoms with E-state index in [-0.39, 0.29) is 0 Å². The largest absolute Gasteiger partial charge is 0.444 e. The number of hydrogen-bond acceptors (Lipinski definition) is 5. The van der Waals surface area contributed by atoms with Gasteiger partial charge in [-0.1, -0.05) is 6.07 Å². The Hall–Kier alpha value is -2.76. The van der Waals surface area contributed by atoms with Gasteiger partial charge in [0.15, 0.2) is 0 Å². The van der Waals surface area contributed by atoms with Crippen molar-refractivity contribution in [2.24, 2.45) is 0 Å². The van der Waals surface area contributed by atoms with E-state index in [0.717, 1.165) is 5.56 Å². The van der Waals surface area contributed by atoms with Gasteiger partial charge in [-0.2, -0.15) is 0 Å². The first-order chi connectivity index (χ1) is 11.2. The highest BCUT2D eigenvalue weighted by atomic mass is 16.6. The van der Waals surface area contributed by atoms with E-state index in [2.05, 4.69) is 4.98 Å². The molecule has 2 N–H and O–H groups in total. The number of ether oxygens (including phenoxy) is 2. The lowest BCUT2D eigenvalue weighted by molar-refractivity contribution is 0.0284. The first-order valence-electron chi connectivity index (χ1n) is 7.66. The minimum absolute atomic E-state index is 0.308. The minimum Gasteiger partial charge on any atom is -0.444 e. The number of rotatable bonds is 4. The zero-order chi connectivity index (χ0) is 17.7. The molecule has 1 amide bonds. The van der Waals surface area contributed by atoms with Gasteiger partial charge in [0.2, 0.25) is 5.88 Å². The standard InChI is InChI=1S/C18H23N3O3/c1-18(2,3)24-17(22)21(4)12-13-11-14(19)8-9-15(13)23-16-7-5-6-10-20-16/h5-11H,12,19H2,1-4H3. The first-order valence-corrected chi connectivity index (χ1v) is 7.66. The van der Waals surface area contributed by atoms with Crippen molar-refractivity contribution in [3.63, 3.8) is 0 Å². The van der Waals surface area contributed by atoms with Gasteiger partial charge in [-0.25, -0.2) is 9.78 Å². The Labute approximate surface area is 142 Å². The van der Waals surface area contributed by atoms with Crippen molar-refractivity contribution >= 4 is 11.8 Å². The number of anilines is 1. The number of nitrogens with two attached hydrogens (primary N) is 1. The van der Waals surface area contributed by atoms with Crippen LogP contribution < -0.4 is 10.5 Å². The fourth-order valence-corrected chi connectivity index (χ4v) is 2.00. The highest BCUT2D eigenvalue weighted by molar-refractivity contribution is 5.68. The van der Waals surface area contributed by atoms with E-state index in [1.165, 1.54) is 4.90 Å². The van der Waals surface area contributed by atoms with Crippen LogP contribution in [0.15, 0.2) is 42.6 Å². The number of nitrogen functional groups attached to an aromatic ring is 1. The Kier molecular flexibility index (Phi) is 5.28. The maximum absolute atomic E-state index is 12.1. The smallest absolute Gasteiger partial charge is 0.410 e. The van der Waals surface area contributed by atoms with Crippen LogP contribution in [0.4, 0.5) is 10.5 Å². The molecule has 0 atom stereocenters. The number of pyridine rings is 1. The van der Waals surface area contributed by atoms with Crippen LogP contribution in [0.25, 0.3) is 0 Å². The van der Waals surface area contributed by atoms with Crippen LogP contribution in [0.2, 0.25) is 0 Å². The van der Waals surface area contributed by atoms with Crippen LogP contribution in [0.5, 0.6) is 11.6 Å². The second kappa shape index (κ2) is 7.21. The molecule has 1 heterocycles. The molecule has 2 aromatic rings. The van der Waals surface area contributed by atoms with E-state index in [4.69, 9.17) is 15.2 Å². The van der Waals surface area contributed by atoms with Crippen molar-refractivity contribution in [2.75, 3.05) is 12.8 Å². The van der Waals surface area contributed by atoms with Crippen LogP contribution >= 0.6 is 0 Å². The highest BCUT2D eigenvalue weighted by Gasteiger charge is 2.20. The second-order valence-corrected chi connectivity index (χ2v) is 6.47. The highest BCUT2D eigenvalue weighted by Crippen LogP contribution is 2.27. The van der Waals surface area contributed by atoms with E-state index >= 15 is 0 Å². The van der Waals surface area contributed by atoms with E-state index in [9.17, 15) is 4.79 Å². The molecule has 0 saturated carbocycles. The minimum atomic E-state index is -0.547. The predicted octanol–water partition coefficient (Wildman–Crippen LogP) is 3.82. The summed E-state index contributed by atoms with van der Waals surface area (Å²) in [6.45, 7) is 5.79.